The predicted molar refractivity (Wildman–Crippen MR) is 88.7 cm³/mol. The number of nitrogens with zero attached hydrogens (tertiary/aromatic N) is 1. The molecule has 0 saturated carbocycles. The van der Waals surface area contributed by atoms with Crippen molar-refractivity contribution < 1.29 is 9.59 Å². The van der Waals surface area contributed by atoms with E-state index in [4.69, 9.17) is 0 Å². The van der Waals surface area contributed by atoms with Gasteiger partial charge in [0, 0.05) is 23.1 Å². The molecule has 0 bridgehead atoms. The summed E-state index contributed by atoms with van der Waals surface area (Å²) < 4.78 is 0. The molecule has 1 aromatic carbocycles. The minimum Gasteiger partial charge on any atom is -0.361 e. The second-order valence-electron chi connectivity index (χ2n) is 6.61. The van der Waals surface area contributed by atoms with Crippen molar-refractivity contribution in [2.75, 3.05) is 0 Å². The first-order valence-electron chi connectivity index (χ1n) is 8.23. The Kier molecular flexibility index (Phi) is 3.33. The summed E-state index contributed by atoms with van der Waals surface area (Å²) in [7, 11) is 0. The van der Waals surface area contributed by atoms with E-state index in [2.05, 4.69) is 11.1 Å². The van der Waals surface area contributed by atoms with E-state index in [-0.39, 0.29) is 29.7 Å². The largest absolute Gasteiger partial charge is 0.361 e. The average molecular weight is 308 g/mol. The highest BCUT2D eigenvalue weighted by atomic mass is 16.2. The van der Waals surface area contributed by atoms with E-state index in [0.29, 0.717) is 19.3 Å². The lowest BCUT2D eigenvalue weighted by molar-refractivity contribution is -0.142. The van der Waals surface area contributed by atoms with E-state index in [0.717, 1.165) is 16.5 Å². The van der Waals surface area contributed by atoms with Crippen molar-refractivity contribution in [3.8, 4) is 0 Å². The molecule has 1 aromatic heterocycles. The van der Waals surface area contributed by atoms with E-state index in [1.165, 1.54) is 4.90 Å². The van der Waals surface area contributed by atoms with Crippen LogP contribution in [0.3, 0.4) is 0 Å². The summed E-state index contributed by atoms with van der Waals surface area (Å²) in [4.78, 5) is 30.1. The van der Waals surface area contributed by atoms with Crippen LogP contribution in [0.25, 0.3) is 10.9 Å². The molecule has 118 valence electrons. The van der Waals surface area contributed by atoms with E-state index in [1.54, 1.807) is 0 Å². The van der Waals surface area contributed by atoms with E-state index in [9.17, 15) is 9.59 Å². The van der Waals surface area contributed by atoms with Gasteiger partial charge >= 0.3 is 0 Å². The van der Waals surface area contributed by atoms with Gasteiger partial charge in [0.05, 0.1) is 11.8 Å². The lowest BCUT2D eigenvalue weighted by Crippen LogP contribution is -2.40. The zero-order valence-corrected chi connectivity index (χ0v) is 13.2. The lowest BCUT2D eigenvalue weighted by atomic mass is 9.85. The minimum absolute atomic E-state index is 0.0108. The number of likely N-dealkylation sites (tertiary alicyclic amines) is 1. The summed E-state index contributed by atoms with van der Waals surface area (Å²) in [5.74, 6) is -0.260. The number of H-pyrrole nitrogens is 1. The molecule has 0 radical (unpaired) electrons. The van der Waals surface area contributed by atoms with E-state index < -0.39 is 0 Å². The highest BCUT2D eigenvalue weighted by Gasteiger charge is 2.48. The van der Waals surface area contributed by atoms with Crippen LogP contribution in [0.2, 0.25) is 0 Å². The fourth-order valence-corrected chi connectivity index (χ4v) is 3.97. The number of fused-ring (bicyclic) bond motifs is 2. The molecule has 4 rings (SSSR count). The maximum absolute atomic E-state index is 12.6. The first-order chi connectivity index (χ1) is 11.2. The van der Waals surface area contributed by atoms with Gasteiger partial charge < -0.3 is 4.98 Å². The van der Waals surface area contributed by atoms with Gasteiger partial charge in [-0.3, -0.25) is 14.5 Å². The number of imide groups is 1. The molecule has 2 heterocycles. The monoisotopic (exact) mass is 308 g/mol. The van der Waals surface area contributed by atoms with Gasteiger partial charge in [-0.2, -0.15) is 0 Å². The van der Waals surface area contributed by atoms with Gasteiger partial charge in [0.1, 0.15) is 0 Å². The van der Waals surface area contributed by atoms with Gasteiger partial charge in [0.25, 0.3) is 0 Å². The number of aromatic amines is 1. The number of para-hydroxylation sites is 1. The zero-order valence-electron chi connectivity index (χ0n) is 13.2. The highest BCUT2D eigenvalue weighted by molar-refractivity contribution is 6.05. The quantitative estimate of drug-likeness (QED) is 0.700. The third-order valence-electron chi connectivity index (χ3n) is 5.17. The lowest BCUT2D eigenvalue weighted by Gasteiger charge is -2.23. The molecule has 1 aliphatic heterocycles. The Hall–Kier alpha value is -2.36. The zero-order chi connectivity index (χ0) is 16.0. The number of aromatic nitrogens is 1. The van der Waals surface area contributed by atoms with Crippen molar-refractivity contribution >= 4 is 22.7 Å². The van der Waals surface area contributed by atoms with Crippen LogP contribution >= 0.6 is 0 Å². The molecule has 4 nitrogen and oxygen atoms in total. The third-order valence-corrected chi connectivity index (χ3v) is 5.17. The molecule has 4 heteroatoms. The molecule has 23 heavy (non-hydrogen) atoms. The number of benzene rings is 1. The van der Waals surface area contributed by atoms with Crippen molar-refractivity contribution in [2.24, 2.45) is 11.8 Å². The van der Waals surface area contributed by atoms with Crippen molar-refractivity contribution in [3.05, 3.63) is 48.2 Å². The molecule has 1 aliphatic carbocycles. The van der Waals surface area contributed by atoms with Crippen LogP contribution < -0.4 is 0 Å². The molecule has 2 aliphatic rings. The number of rotatable bonds is 3. The van der Waals surface area contributed by atoms with Gasteiger partial charge in [-0.15, -0.1) is 0 Å². The van der Waals surface area contributed by atoms with Gasteiger partial charge in [0.2, 0.25) is 11.8 Å². The summed E-state index contributed by atoms with van der Waals surface area (Å²) in [6, 6.07) is 8.01. The van der Waals surface area contributed by atoms with Crippen molar-refractivity contribution in [1.82, 2.24) is 9.88 Å². The topological polar surface area (TPSA) is 53.2 Å². The second-order valence-corrected chi connectivity index (χ2v) is 6.61. The molecule has 1 N–H and O–H groups in total. The molecule has 1 saturated heterocycles. The highest BCUT2D eigenvalue weighted by Crippen LogP contribution is 2.36. The summed E-state index contributed by atoms with van der Waals surface area (Å²) >= 11 is 0. The van der Waals surface area contributed by atoms with Crippen LogP contribution in [0.4, 0.5) is 0 Å². The first-order valence-corrected chi connectivity index (χ1v) is 8.23. The molecular weight excluding hydrogens is 288 g/mol. The standard InChI is InChI=1S/C19H20N2O2/c1-12(10-13-11-20-17-9-5-4-6-14(13)17)21-18(22)15-7-2-3-8-16(15)19(21)23/h2-6,9,11-12,15-16,20H,7-8,10H2,1H3. The molecule has 0 spiro atoms. The summed E-state index contributed by atoms with van der Waals surface area (Å²) in [6.45, 7) is 1.97. The Bertz CT molecular complexity index is 779. The third kappa shape index (κ3) is 2.21. The number of nitrogens with one attached hydrogen (secondary N) is 1. The Morgan fingerprint density at radius 3 is 2.48 bits per heavy atom. The van der Waals surface area contributed by atoms with Crippen LogP contribution in [-0.2, 0) is 16.0 Å². The maximum Gasteiger partial charge on any atom is 0.233 e. The molecule has 3 atom stereocenters. The summed E-state index contributed by atoms with van der Waals surface area (Å²) in [5, 5.41) is 1.16. The number of carbonyl (C=O) groups is 2. The normalized spacial score (nSPS) is 25.2. The van der Waals surface area contributed by atoms with Crippen LogP contribution in [0.15, 0.2) is 42.6 Å². The van der Waals surface area contributed by atoms with E-state index in [1.807, 2.05) is 43.5 Å². The average Bonchev–Trinajstić information content (AvgIpc) is 3.08. The Morgan fingerprint density at radius 2 is 1.78 bits per heavy atom. The van der Waals surface area contributed by atoms with Gasteiger partial charge in [-0.25, -0.2) is 0 Å². The SMILES string of the molecule is CC(Cc1c[nH]c2ccccc12)N1C(=O)C2CC=CCC2C1=O. The van der Waals surface area contributed by atoms with Gasteiger partial charge in [-0.1, -0.05) is 30.4 Å². The Balaban J connectivity index is 1.58. The van der Waals surface area contributed by atoms with Crippen LogP contribution in [-0.4, -0.2) is 27.7 Å². The molecular formula is C19H20N2O2. The second kappa shape index (κ2) is 5.37. The van der Waals surface area contributed by atoms with Crippen LogP contribution in [0.5, 0.6) is 0 Å². The van der Waals surface area contributed by atoms with Crippen molar-refractivity contribution in [3.63, 3.8) is 0 Å². The van der Waals surface area contributed by atoms with Crippen molar-refractivity contribution in [2.45, 2.75) is 32.2 Å². The summed E-state index contributed by atoms with van der Waals surface area (Å²) in [6.07, 6.45) is 8.13. The van der Waals surface area contributed by atoms with Gasteiger partial charge in [-0.05, 0) is 37.8 Å². The molecule has 2 aromatic rings. The number of hydrogen-bond acceptors (Lipinski definition) is 2. The molecule has 1 fully saturated rings. The Labute approximate surface area is 135 Å². The number of amides is 2. The van der Waals surface area contributed by atoms with E-state index >= 15 is 0 Å². The number of hydrogen-bond donors (Lipinski definition) is 1. The number of carbonyl (C=O) groups excluding carboxylic acids is 2. The van der Waals surface area contributed by atoms with Crippen LogP contribution in [0, 0.1) is 11.8 Å². The van der Waals surface area contributed by atoms with Gasteiger partial charge in [0.15, 0.2) is 0 Å². The van der Waals surface area contributed by atoms with Crippen LogP contribution in [0.1, 0.15) is 25.3 Å². The fraction of sp³-hybridized carbons (Fsp3) is 0.368. The molecule has 3 unspecified atom stereocenters. The Morgan fingerprint density at radius 1 is 1.13 bits per heavy atom. The van der Waals surface area contributed by atoms with Crippen molar-refractivity contribution in [1.29, 1.82) is 0 Å². The first kappa shape index (κ1) is 14.2. The maximum atomic E-state index is 12.6. The minimum atomic E-state index is -0.141. The smallest absolute Gasteiger partial charge is 0.233 e. The number of allylic oxidation sites excluding steroid dienone is 2. The summed E-state index contributed by atoms with van der Waals surface area (Å²) in [5.41, 5.74) is 2.24. The fourth-order valence-electron chi connectivity index (χ4n) is 3.97. The predicted octanol–water partition coefficient (Wildman–Crippen LogP) is 3.05. The molecule has 2 amide bonds.